The molecule has 1 aromatic carbocycles. The molecule has 0 aliphatic heterocycles. The number of methoxy groups -OCH3 is 1. The molecule has 0 atom stereocenters. The summed E-state index contributed by atoms with van der Waals surface area (Å²) >= 11 is 3.39. The molecule has 0 saturated heterocycles. The van der Waals surface area contributed by atoms with Gasteiger partial charge in [-0.05, 0) is 24.3 Å². The average molecular weight is 336 g/mol. The van der Waals surface area contributed by atoms with Crippen LogP contribution in [0.4, 0.5) is 5.82 Å². The summed E-state index contributed by atoms with van der Waals surface area (Å²) in [5.74, 6) is 0.308. The molecule has 0 bridgehead atoms. The van der Waals surface area contributed by atoms with Crippen molar-refractivity contribution in [3.63, 3.8) is 0 Å². The fourth-order valence-electron chi connectivity index (χ4n) is 1.64. The van der Waals surface area contributed by atoms with Gasteiger partial charge in [0.2, 0.25) is 0 Å². The van der Waals surface area contributed by atoms with Crippen molar-refractivity contribution in [3.05, 3.63) is 40.9 Å². The number of halogens is 1. The normalized spacial score (nSPS) is 10.2. The van der Waals surface area contributed by atoms with Gasteiger partial charge in [0.25, 0.3) is 0 Å². The van der Waals surface area contributed by atoms with Crippen LogP contribution in [0, 0.1) is 0 Å². The maximum atomic E-state index is 11.2. The van der Waals surface area contributed by atoms with Gasteiger partial charge in [0, 0.05) is 17.1 Å². The number of carbonyl (C=O) groups is 1. The fraction of sp³-hybridized carbons (Fsp3) is 0.214. The maximum absolute atomic E-state index is 11.2. The number of anilines is 1. The van der Waals surface area contributed by atoms with Gasteiger partial charge in [0.05, 0.1) is 12.8 Å². The summed E-state index contributed by atoms with van der Waals surface area (Å²) in [5.41, 5.74) is 1.77. The monoisotopic (exact) mass is 335 g/mol. The van der Waals surface area contributed by atoms with Crippen molar-refractivity contribution in [1.29, 1.82) is 0 Å². The molecule has 1 aromatic heterocycles. The van der Waals surface area contributed by atoms with Crippen LogP contribution >= 0.6 is 15.9 Å². The van der Waals surface area contributed by atoms with Crippen molar-refractivity contribution >= 4 is 27.7 Å². The molecule has 0 spiro atoms. The SMILES string of the molecule is COC(=O)CN(C)c1ccc(-c2ccc(Br)cc2)nn1. The Labute approximate surface area is 125 Å². The number of nitrogens with zero attached hydrogens (tertiary/aromatic N) is 3. The first-order chi connectivity index (χ1) is 9.60. The molecule has 0 aliphatic rings. The van der Waals surface area contributed by atoms with Gasteiger partial charge in [0.1, 0.15) is 6.54 Å². The molecule has 5 nitrogen and oxygen atoms in total. The third-order valence-electron chi connectivity index (χ3n) is 2.78. The van der Waals surface area contributed by atoms with E-state index in [1.54, 1.807) is 11.9 Å². The Kier molecular flexibility index (Phi) is 4.68. The lowest BCUT2D eigenvalue weighted by Gasteiger charge is -2.15. The highest BCUT2D eigenvalue weighted by molar-refractivity contribution is 9.10. The lowest BCUT2D eigenvalue weighted by Crippen LogP contribution is -2.27. The Bertz CT molecular complexity index is 584. The number of hydrogen-bond acceptors (Lipinski definition) is 5. The highest BCUT2D eigenvalue weighted by atomic mass is 79.9. The van der Waals surface area contributed by atoms with Crippen molar-refractivity contribution in [2.45, 2.75) is 0 Å². The molecule has 0 N–H and O–H groups in total. The lowest BCUT2D eigenvalue weighted by molar-refractivity contribution is -0.138. The van der Waals surface area contributed by atoms with E-state index in [1.807, 2.05) is 36.4 Å². The number of carbonyl (C=O) groups excluding carboxylic acids is 1. The summed E-state index contributed by atoms with van der Waals surface area (Å²) in [6.07, 6.45) is 0. The standard InChI is InChI=1S/C14H14BrN3O2/c1-18(9-14(19)20-2)13-8-7-12(16-17-13)10-3-5-11(15)6-4-10/h3-8H,9H2,1-2H3. The minimum absolute atomic E-state index is 0.142. The third-order valence-corrected chi connectivity index (χ3v) is 3.30. The van der Waals surface area contributed by atoms with Gasteiger partial charge in [-0.25, -0.2) is 0 Å². The van der Waals surface area contributed by atoms with E-state index in [-0.39, 0.29) is 12.5 Å². The van der Waals surface area contributed by atoms with E-state index in [9.17, 15) is 4.79 Å². The number of aromatic nitrogens is 2. The largest absolute Gasteiger partial charge is 0.468 e. The van der Waals surface area contributed by atoms with Gasteiger partial charge < -0.3 is 9.64 Å². The zero-order valence-corrected chi connectivity index (χ0v) is 12.8. The van der Waals surface area contributed by atoms with Gasteiger partial charge >= 0.3 is 5.97 Å². The van der Waals surface area contributed by atoms with Crippen molar-refractivity contribution in [2.24, 2.45) is 0 Å². The zero-order chi connectivity index (χ0) is 14.5. The number of ether oxygens (including phenoxy) is 1. The first-order valence-electron chi connectivity index (χ1n) is 5.98. The number of rotatable bonds is 4. The minimum atomic E-state index is -0.314. The van der Waals surface area contributed by atoms with Crippen molar-refractivity contribution in [1.82, 2.24) is 10.2 Å². The van der Waals surface area contributed by atoms with Crippen LogP contribution in [0.5, 0.6) is 0 Å². The first kappa shape index (κ1) is 14.5. The molecule has 0 unspecified atom stereocenters. The molecule has 1 heterocycles. The van der Waals surface area contributed by atoms with Crippen LogP contribution in [0.1, 0.15) is 0 Å². The summed E-state index contributed by atoms with van der Waals surface area (Å²) in [4.78, 5) is 12.9. The molecular formula is C14H14BrN3O2. The average Bonchev–Trinajstić information content (AvgIpc) is 2.48. The van der Waals surface area contributed by atoms with Gasteiger partial charge in [-0.15, -0.1) is 10.2 Å². The van der Waals surface area contributed by atoms with Crippen LogP contribution in [0.2, 0.25) is 0 Å². The van der Waals surface area contributed by atoms with E-state index in [0.717, 1.165) is 15.7 Å². The van der Waals surface area contributed by atoms with Crippen LogP contribution in [0.15, 0.2) is 40.9 Å². The lowest BCUT2D eigenvalue weighted by atomic mass is 10.1. The quantitative estimate of drug-likeness (QED) is 0.803. The van der Waals surface area contributed by atoms with E-state index in [0.29, 0.717) is 5.82 Å². The van der Waals surface area contributed by atoms with Crippen molar-refractivity contribution in [2.75, 3.05) is 25.6 Å². The number of likely N-dealkylation sites (N-methyl/N-ethyl adjacent to an activating group) is 1. The van der Waals surface area contributed by atoms with Crippen LogP contribution in [-0.2, 0) is 9.53 Å². The first-order valence-corrected chi connectivity index (χ1v) is 6.77. The number of hydrogen-bond donors (Lipinski definition) is 0. The Morgan fingerprint density at radius 1 is 1.20 bits per heavy atom. The second-order valence-corrected chi connectivity index (χ2v) is 5.13. The predicted molar refractivity (Wildman–Crippen MR) is 80.5 cm³/mol. The topological polar surface area (TPSA) is 55.3 Å². The van der Waals surface area contributed by atoms with Gasteiger partial charge in [-0.1, -0.05) is 28.1 Å². The van der Waals surface area contributed by atoms with Crippen LogP contribution in [0.3, 0.4) is 0 Å². The van der Waals surface area contributed by atoms with Gasteiger partial charge in [0.15, 0.2) is 5.82 Å². The van der Waals surface area contributed by atoms with E-state index in [4.69, 9.17) is 0 Å². The molecule has 0 amide bonds. The number of benzene rings is 1. The Morgan fingerprint density at radius 3 is 2.45 bits per heavy atom. The summed E-state index contributed by atoms with van der Waals surface area (Å²) < 4.78 is 5.63. The highest BCUT2D eigenvalue weighted by Gasteiger charge is 2.09. The van der Waals surface area contributed by atoms with Crippen LogP contribution in [0.25, 0.3) is 11.3 Å². The Morgan fingerprint density at radius 2 is 1.90 bits per heavy atom. The summed E-state index contributed by atoms with van der Waals surface area (Å²) in [5, 5.41) is 8.29. The van der Waals surface area contributed by atoms with E-state index in [2.05, 4.69) is 30.9 Å². The molecule has 20 heavy (non-hydrogen) atoms. The fourth-order valence-corrected chi connectivity index (χ4v) is 1.91. The third kappa shape index (κ3) is 3.54. The molecule has 2 aromatic rings. The van der Waals surface area contributed by atoms with Gasteiger partial charge in [-0.2, -0.15) is 0 Å². The smallest absolute Gasteiger partial charge is 0.325 e. The second kappa shape index (κ2) is 6.47. The summed E-state index contributed by atoms with van der Waals surface area (Å²) in [6.45, 7) is 0.142. The molecular weight excluding hydrogens is 322 g/mol. The van der Waals surface area contributed by atoms with Gasteiger partial charge in [-0.3, -0.25) is 4.79 Å². The van der Waals surface area contributed by atoms with E-state index < -0.39 is 0 Å². The van der Waals surface area contributed by atoms with Crippen LogP contribution in [-0.4, -0.2) is 36.9 Å². The molecule has 0 fully saturated rings. The molecule has 0 saturated carbocycles. The predicted octanol–water partition coefficient (Wildman–Crippen LogP) is 2.52. The maximum Gasteiger partial charge on any atom is 0.325 e. The Balaban J connectivity index is 2.13. The Hall–Kier alpha value is -1.95. The number of esters is 1. The minimum Gasteiger partial charge on any atom is -0.468 e. The molecule has 2 rings (SSSR count). The molecule has 0 radical (unpaired) electrons. The van der Waals surface area contributed by atoms with E-state index >= 15 is 0 Å². The second-order valence-electron chi connectivity index (χ2n) is 4.22. The molecule has 6 heteroatoms. The molecule has 0 aliphatic carbocycles. The van der Waals surface area contributed by atoms with Crippen molar-refractivity contribution < 1.29 is 9.53 Å². The molecule has 104 valence electrons. The van der Waals surface area contributed by atoms with E-state index in [1.165, 1.54) is 7.11 Å². The van der Waals surface area contributed by atoms with Crippen LogP contribution < -0.4 is 4.90 Å². The summed E-state index contributed by atoms with van der Waals surface area (Å²) in [7, 11) is 3.12. The zero-order valence-electron chi connectivity index (χ0n) is 11.2. The summed E-state index contributed by atoms with van der Waals surface area (Å²) in [6, 6.07) is 11.5. The highest BCUT2D eigenvalue weighted by Crippen LogP contribution is 2.20. The van der Waals surface area contributed by atoms with Crippen molar-refractivity contribution in [3.8, 4) is 11.3 Å².